The molecular weight excluding hydrogens is 206 g/mol. The van der Waals surface area contributed by atoms with E-state index in [0.717, 1.165) is 18.0 Å². The summed E-state index contributed by atoms with van der Waals surface area (Å²) in [6.45, 7) is 7.15. The summed E-state index contributed by atoms with van der Waals surface area (Å²) in [5.41, 5.74) is 4.81. The summed E-state index contributed by atoms with van der Waals surface area (Å²) in [6.07, 6.45) is 0. The first kappa shape index (κ1) is 12.2. The third-order valence-electron chi connectivity index (χ3n) is 2.66. The monoisotopic (exact) mass is 225 g/mol. The van der Waals surface area contributed by atoms with Gasteiger partial charge in [0.15, 0.2) is 0 Å². The average Bonchev–Trinajstić information content (AvgIpc) is 2.22. The van der Waals surface area contributed by atoms with Gasteiger partial charge in [0, 0.05) is 18.0 Å². The molecule has 15 heavy (non-hydrogen) atoms. The van der Waals surface area contributed by atoms with E-state index in [0.29, 0.717) is 0 Å². The molecule has 2 nitrogen and oxygen atoms in total. The third-order valence-corrected chi connectivity index (χ3v) is 2.88. The average molecular weight is 225 g/mol. The number of hydrogen-bond donors (Lipinski definition) is 2. The van der Waals surface area contributed by atoms with Gasteiger partial charge in [-0.1, -0.05) is 0 Å². The first-order valence-electron chi connectivity index (χ1n) is 5.11. The summed E-state index contributed by atoms with van der Waals surface area (Å²) in [6, 6.07) is 2.13. The maximum absolute atomic E-state index is 5.37. The fraction of sp³-hybridized carbons (Fsp3) is 0.500. The van der Waals surface area contributed by atoms with E-state index in [2.05, 4.69) is 44.8 Å². The van der Waals surface area contributed by atoms with Crippen LogP contribution in [-0.2, 0) is 0 Å². The first-order chi connectivity index (χ1) is 7.11. The normalized spacial score (nSPS) is 10.2. The molecule has 84 valence electrons. The zero-order valence-corrected chi connectivity index (χ0v) is 10.7. The van der Waals surface area contributed by atoms with Crippen LogP contribution in [0.2, 0.25) is 0 Å². The second-order valence-corrected chi connectivity index (χ2v) is 4.12. The Morgan fingerprint density at radius 2 is 1.93 bits per heavy atom. The van der Waals surface area contributed by atoms with Crippen molar-refractivity contribution in [1.82, 2.24) is 0 Å². The van der Waals surface area contributed by atoms with Gasteiger partial charge in [0.05, 0.1) is 7.11 Å². The molecule has 0 aliphatic heterocycles. The van der Waals surface area contributed by atoms with Crippen molar-refractivity contribution in [3.05, 3.63) is 22.8 Å². The van der Waals surface area contributed by atoms with Crippen LogP contribution in [0.3, 0.4) is 0 Å². The van der Waals surface area contributed by atoms with Crippen molar-refractivity contribution in [1.29, 1.82) is 0 Å². The van der Waals surface area contributed by atoms with E-state index in [1.807, 2.05) is 0 Å². The van der Waals surface area contributed by atoms with Crippen molar-refractivity contribution >= 4 is 18.3 Å². The minimum absolute atomic E-state index is 0.837. The Labute approximate surface area is 97.4 Å². The molecule has 0 atom stereocenters. The second-order valence-electron chi connectivity index (χ2n) is 3.67. The Kier molecular flexibility index (Phi) is 4.33. The Bertz CT molecular complexity index is 350. The lowest BCUT2D eigenvalue weighted by Gasteiger charge is -2.16. The number of nitrogens with one attached hydrogen (secondary N) is 1. The molecule has 0 heterocycles. The molecule has 0 saturated heterocycles. The van der Waals surface area contributed by atoms with Gasteiger partial charge in [-0.25, -0.2) is 0 Å². The number of aryl methyl sites for hydroxylation is 1. The van der Waals surface area contributed by atoms with Crippen LogP contribution in [0.1, 0.15) is 16.7 Å². The van der Waals surface area contributed by atoms with Gasteiger partial charge in [0.25, 0.3) is 0 Å². The van der Waals surface area contributed by atoms with Gasteiger partial charge >= 0.3 is 0 Å². The number of methoxy groups -OCH3 is 1. The summed E-state index contributed by atoms with van der Waals surface area (Å²) < 4.78 is 5.37. The van der Waals surface area contributed by atoms with E-state index in [4.69, 9.17) is 4.74 Å². The highest BCUT2D eigenvalue weighted by Crippen LogP contribution is 2.31. The predicted molar refractivity (Wildman–Crippen MR) is 69.5 cm³/mol. The van der Waals surface area contributed by atoms with Gasteiger partial charge in [0.2, 0.25) is 0 Å². The van der Waals surface area contributed by atoms with E-state index in [1.54, 1.807) is 7.11 Å². The van der Waals surface area contributed by atoms with Crippen molar-refractivity contribution in [3.8, 4) is 5.75 Å². The molecule has 0 saturated carbocycles. The van der Waals surface area contributed by atoms with Crippen LogP contribution in [0.5, 0.6) is 5.75 Å². The zero-order valence-electron chi connectivity index (χ0n) is 9.85. The molecule has 0 aliphatic rings. The van der Waals surface area contributed by atoms with E-state index < -0.39 is 0 Å². The quantitative estimate of drug-likeness (QED) is 0.769. The Hall–Kier alpha value is -0.830. The van der Waals surface area contributed by atoms with Crippen LogP contribution in [-0.4, -0.2) is 19.4 Å². The van der Waals surface area contributed by atoms with E-state index >= 15 is 0 Å². The fourth-order valence-electron chi connectivity index (χ4n) is 1.75. The van der Waals surface area contributed by atoms with Crippen molar-refractivity contribution in [3.63, 3.8) is 0 Å². The second kappa shape index (κ2) is 5.31. The maximum atomic E-state index is 5.37. The van der Waals surface area contributed by atoms with Crippen LogP contribution in [0.4, 0.5) is 5.69 Å². The molecule has 1 N–H and O–H groups in total. The van der Waals surface area contributed by atoms with Gasteiger partial charge in [-0.3, -0.25) is 0 Å². The minimum Gasteiger partial charge on any atom is -0.496 e. The highest BCUT2D eigenvalue weighted by molar-refractivity contribution is 7.80. The van der Waals surface area contributed by atoms with Gasteiger partial charge in [-0.2, -0.15) is 12.6 Å². The van der Waals surface area contributed by atoms with Crippen molar-refractivity contribution in [2.24, 2.45) is 0 Å². The predicted octanol–water partition coefficient (Wildman–Crippen LogP) is 2.96. The topological polar surface area (TPSA) is 21.3 Å². The molecule has 1 rings (SSSR count). The van der Waals surface area contributed by atoms with Gasteiger partial charge in [-0.05, 0) is 43.5 Å². The number of hydrogen-bond acceptors (Lipinski definition) is 3. The van der Waals surface area contributed by atoms with Crippen molar-refractivity contribution in [2.75, 3.05) is 24.7 Å². The number of anilines is 1. The summed E-state index contributed by atoms with van der Waals surface area (Å²) in [4.78, 5) is 0. The van der Waals surface area contributed by atoms with Crippen LogP contribution < -0.4 is 10.1 Å². The molecular formula is C12H19NOS. The third kappa shape index (κ3) is 2.59. The van der Waals surface area contributed by atoms with E-state index in [9.17, 15) is 0 Å². The summed E-state index contributed by atoms with van der Waals surface area (Å²) in [5, 5.41) is 3.36. The highest BCUT2D eigenvalue weighted by atomic mass is 32.1. The number of ether oxygens (including phenoxy) is 1. The lowest BCUT2D eigenvalue weighted by Crippen LogP contribution is -2.06. The summed E-state index contributed by atoms with van der Waals surface area (Å²) in [5.74, 6) is 1.83. The largest absolute Gasteiger partial charge is 0.496 e. The molecule has 0 aliphatic carbocycles. The van der Waals surface area contributed by atoms with E-state index in [1.165, 1.54) is 22.4 Å². The van der Waals surface area contributed by atoms with Crippen LogP contribution in [0, 0.1) is 20.8 Å². The number of thiol groups is 1. The molecule has 0 bridgehead atoms. The molecule has 3 heteroatoms. The Morgan fingerprint density at radius 3 is 2.47 bits per heavy atom. The maximum Gasteiger partial charge on any atom is 0.125 e. The standard InChI is InChI=1S/C12H19NOS/c1-8-7-11(13-5-6-15)9(2)10(3)12(8)14-4/h7,13,15H,5-6H2,1-4H3. The van der Waals surface area contributed by atoms with Gasteiger partial charge in [-0.15, -0.1) is 0 Å². The van der Waals surface area contributed by atoms with Gasteiger partial charge < -0.3 is 10.1 Å². The zero-order chi connectivity index (χ0) is 11.4. The first-order valence-corrected chi connectivity index (χ1v) is 5.74. The van der Waals surface area contributed by atoms with Crippen molar-refractivity contribution < 1.29 is 4.74 Å². The minimum atomic E-state index is 0.837. The SMILES string of the molecule is COc1c(C)cc(NCCS)c(C)c1C. The lowest BCUT2D eigenvalue weighted by molar-refractivity contribution is 0.408. The number of rotatable bonds is 4. The van der Waals surface area contributed by atoms with Crippen LogP contribution >= 0.6 is 12.6 Å². The molecule has 0 radical (unpaired) electrons. The number of benzene rings is 1. The van der Waals surface area contributed by atoms with E-state index in [-0.39, 0.29) is 0 Å². The lowest BCUT2D eigenvalue weighted by atomic mass is 10.0. The van der Waals surface area contributed by atoms with Crippen LogP contribution in [0.15, 0.2) is 6.07 Å². The molecule has 1 aromatic rings. The highest BCUT2D eigenvalue weighted by Gasteiger charge is 2.09. The molecule has 0 unspecified atom stereocenters. The van der Waals surface area contributed by atoms with Gasteiger partial charge in [0.1, 0.15) is 5.75 Å². The smallest absolute Gasteiger partial charge is 0.125 e. The summed E-state index contributed by atoms with van der Waals surface area (Å²) in [7, 11) is 1.72. The fourth-order valence-corrected chi connectivity index (χ4v) is 1.86. The van der Waals surface area contributed by atoms with Crippen molar-refractivity contribution in [2.45, 2.75) is 20.8 Å². The molecule has 0 spiro atoms. The summed E-state index contributed by atoms with van der Waals surface area (Å²) >= 11 is 4.19. The molecule has 0 aromatic heterocycles. The Balaban J connectivity index is 3.10. The molecule has 1 aromatic carbocycles. The molecule has 0 fully saturated rings. The Morgan fingerprint density at radius 1 is 1.27 bits per heavy atom. The van der Waals surface area contributed by atoms with Crippen LogP contribution in [0.25, 0.3) is 0 Å². The molecule has 0 amide bonds.